The van der Waals surface area contributed by atoms with Gasteiger partial charge in [0, 0.05) is 77.7 Å². The number of carbonyl (C=O) groups is 5. The van der Waals surface area contributed by atoms with Crippen LogP contribution in [0.15, 0.2) is 66.9 Å². The Hall–Kier alpha value is -6.11. The van der Waals surface area contributed by atoms with Gasteiger partial charge in [0.2, 0.25) is 23.7 Å². The number of piperidine rings is 2. The molecular weight excluding hydrogens is 881 g/mol. The Labute approximate surface area is 380 Å². The highest BCUT2D eigenvalue weighted by molar-refractivity contribution is 7.62. The molecule has 19 nitrogen and oxygen atoms in total. The van der Waals surface area contributed by atoms with Crippen LogP contribution in [0.5, 0.6) is 11.5 Å². The first-order chi connectivity index (χ1) is 31.4. The first-order valence-electron chi connectivity index (χ1n) is 21.2. The van der Waals surface area contributed by atoms with E-state index < -0.39 is 37.3 Å². The van der Waals surface area contributed by atoms with Crippen LogP contribution in [0.3, 0.4) is 0 Å². The molecule has 0 bridgehead atoms. The highest BCUT2D eigenvalue weighted by Crippen LogP contribution is 2.47. The van der Waals surface area contributed by atoms with Gasteiger partial charge in [0.25, 0.3) is 11.8 Å². The molecule has 5 amide bonds. The summed E-state index contributed by atoms with van der Waals surface area (Å²) in [6.07, 6.45) is 3.65. The van der Waals surface area contributed by atoms with Crippen molar-refractivity contribution in [3.05, 3.63) is 83.0 Å². The molecule has 8 rings (SSSR count). The fourth-order valence-corrected chi connectivity index (χ4v) is 9.99. The number of hydrogen-bond acceptors (Lipinski definition) is 16. The van der Waals surface area contributed by atoms with Gasteiger partial charge in [-0.05, 0) is 61.7 Å². The second kappa shape index (κ2) is 19.6. The highest BCUT2D eigenvalue weighted by Gasteiger charge is 2.45. The van der Waals surface area contributed by atoms with Crippen molar-refractivity contribution in [1.82, 2.24) is 30.0 Å². The molecule has 1 unspecified atom stereocenters. The number of imide groups is 2. The average molecular weight is 930 g/mol. The number of piperazine rings is 1. The number of fused-ring (bicyclic) bond motifs is 1. The molecule has 0 saturated carbocycles. The minimum Gasteiger partial charge on any atom is -0.494 e. The van der Waals surface area contributed by atoms with Gasteiger partial charge < -0.3 is 39.0 Å². The normalized spacial score (nSPS) is 18.4. The Morgan fingerprint density at radius 3 is 2.32 bits per heavy atom. The van der Waals surface area contributed by atoms with Crippen molar-refractivity contribution in [2.75, 3.05) is 82.7 Å². The summed E-state index contributed by atoms with van der Waals surface area (Å²) in [5.74, 6) is -0.851. The molecule has 65 heavy (non-hydrogen) atoms. The van der Waals surface area contributed by atoms with Crippen LogP contribution in [0, 0.1) is 0 Å². The van der Waals surface area contributed by atoms with Crippen LogP contribution in [0.25, 0.3) is 0 Å². The van der Waals surface area contributed by atoms with Crippen LogP contribution < -0.4 is 35.6 Å². The first-order valence-corrected chi connectivity index (χ1v) is 23.1. The van der Waals surface area contributed by atoms with E-state index in [0.29, 0.717) is 47.3 Å². The number of anilines is 5. The Balaban J connectivity index is 0.792. The van der Waals surface area contributed by atoms with Gasteiger partial charge in [0.05, 0.1) is 54.1 Å². The van der Waals surface area contributed by atoms with E-state index in [1.807, 2.05) is 23.1 Å². The third-order valence-corrected chi connectivity index (χ3v) is 14.3. The van der Waals surface area contributed by atoms with Crippen LogP contribution in [0.1, 0.15) is 52.8 Å². The Morgan fingerprint density at radius 2 is 1.60 bits per heavy atom. The van der Waals surface area contributed by atoms with Gasteiger partial charge in [0.1, 0.15) is 22.6 Å². The molecule has 5 heterocycles. The lowest BCUT2D eigenvalue weighted by atomic mass is 10.0. The molecule has 4 aliphatic heterocycles. The predicted octanol–water partition coefficient (Wildman–Crippen LogP) is 4.72. The largest absolute Gasteiger partial charge is 0.494 e. The number of halogens is 1. The second-order valence-corrected chi connectivity index (χ2v) is 18.4. The summed E-state index contributed by atoms with van der Waals surface area (Å²) < 4.78 is 35.2. The summed E-state index contributed by atoms with van der Waals surface area (Å²) >= 11 is 6.48. The lowest BCUT2D eigenvalue weighted by molar-refractivity contribution is -0.136. The SMILES string of the molecule is COc1cc(N2CCC(N3CCN(C(=O)CCOc4ccc5c(c4)C(=O)N(C4CCC(=O)NC4=O)C5=O)CC3)CC2)ccc1Nc1ncc(Cl)c(Nc2ccccc2P(=O)(OC)OC)n1. The molecule has 1 aromatic heterocycles. The minimum atomic E-state index is -3.58. The molecule has 3 N–H and O–H groups in total. The molecule has 21 heteroatoms. The highest BCUT2D eigenvalue weighted by atomic mass is 35.5. The smallest absolute Gasteiger partial charge is 0.362 e. The van der Waals surface area contributed by atoms with E-state index in [0.717, 1.165) is 49.6 Å². The molecule has 342 valence electrons. The number of methoxy groups -OCH3 is 1. The van der Waals surface area contributed by atoms with Crippen LogP contribution in [0.2, 0.25) is 5.02 Å². The molecule has 3 aromatic carbocycles. The van der Waals surface area contributed by atoms with Crippen LogP contribution in [-0.2, 0) is 28.0 Å². The zero-order valence-corrected chi connectivity index (χ0v) is 37.7. The van der Waals surface area contributed by atoms with Gasteiger partial charge in [-0.15, -0.1) is 0 Å². The maximum absolute atomic E-state index is 13.2. The number of nitrogens with one attached hydrogen (secondary N) is 3. The number of hydrogen-bond donors (Lipinski definition) is 3. The zero-order valence-electron chi connectivity index (χ0n) is 36.1. The number of amides is 5. The fourth-order valence-electron chi connectivity index (χ4n) is 8.61. The minimum absolute atomic E-state index is 0.0220. The predicted molar refractivity (Wildman–Crippen MR) is 241 cm³/mol. The van der Waals surface area contributed by atoms with Gasteiger partial charge in [-0.25, -0.2) is 4.98 Å². The van der Waals surface area contributed by atoms with Crippen LogP contribution >= 0.6 is 19.2 Å². The van der Waals surface area contributed by atoms with E-state index >= 15 is 0 Å². The number of aromatic nitrogens is 2. The average Bonchev–Trinajstić information content (AvgIpc) is 3.57. The topological polar surface area (TPSA) is 214 Å². The Kier molecular flexibility index (Phi) is 13.7. The van der Waals surface area contributed by atoms with Crippen molar-refractivity contribution in [1.29, 1.82) is 0 Å². The monoisotopic (exact) mass is 929 g/mol. The third-order valence-electron chi connectivity index (χ3n) is 12.1. The van der Waals surface area contributed by atoms with Crippen molar-refractivity contribution in [2.45, 2.75) is 44.2 Å². The maximum atomic E-state index is 13.2. The van der Waals surface area contributed by atoms with Gasteiger partial charge in [0.15, 0.2) is 5.82 Å². The Bertz CT molecular complexity index is 2540. The van der Waals surface area contributed by atoms with Gasteiger partial charge in [-0.3, -0.25) is 43.7 Å². The Morgan fingerprint density at radius 1 is 0.862 bits per heavy atom. The quantitative estimate of drug-likeness (QED) is 0.109. The number of ether oxygens (including phenoxy) is 2. The van der Waals surface area contributed by atoms with Crippen molar-refractivity contribution in [2.24, 2.45) is 0 Å². The van der Waals surface area contributed by atoms with Crippen molar-refractivity contribution in [3.8, 4) is 11.5 Å². The van der Waals surface area contributed by atoms with Crippen LogP contribution in [-0.4, -0.2) is 133 Å². The molecular formula is C44H49ClN9O10P. The summed E-state index contributed by atoms with van der Waals surface area (Å²) in [6, 6.07) is 16.7. The summed E-state index contributed by atoms with van der Waals surface area (Å²) in [5, 5.41) is 9.13. The third kappa shape index (κ3) is 9.65. The number of carbonyl (C=O) groups excluding carboxylic acids is 5. The first kappa shape index (κ1) is 45.5. The van der Waals surface area contributed by atoms with Crippen molar-refractivity contribution >= 4 is 82.9 Å². The molecule has 1 atom stereocenters. The van der Waals surface area contributed by atoms with E-state index in [4.69, 9.17) is 30.1 Å². The second-order valence-electron chi connectivity index (χ2n) is 15.8. The van der Waals surface area contributed by atoms with Gasteiger partial charge in [-0.1, -0.05) is 23.7 Å². The standard InChI is InChI=1S/C44H49ClN9O10P/c1-61-36-24-28(8-11-33(36)48-44-46-26-32(45)40(50-44)47-34-6-4-5-7-37(34)65(60,62-2)63-3)51-17-14-27(15-18-51)52-19-21-53(22-20-52)39(56)16-23-64-29-9-10-30-31(25-29)43(59)54(42(30)58)35-12-13-38(55)49-41(35)57/h4-11,24-27,35H,12-23H2,1-3H3,(H,49,55,57)(H2,46,47,48,50). The van der Waals surface area contributed by atoms with Crippen molar-refractivity contribution in [3.63, 3.8) is 0 Å². The van der Waals surface area contributed by atoms with Crippen molar-refractivity contribution < 1.29 is 47.1 Å². The molecule has 0 radical (unpaired) electrons. The molecule has 0 spiro atoms. The summed E-state index contributed by atoms with van der Waals surface area (Å²) in [5.41, 5.74) is 2.41. The zero-order chi connectivity index (χ0) is 45.8. The summed E-state index contributed by atoms with van der Waals surface area (Å²) in [4.78, 5) is 79.8. The summed E-state index contributed by atoms with van der Waals surface area (Å²) in [7, 11) is 0.662. The van der Waals surface area contributed by atoms with E-state index in [1.54, 1.807) is 37.4 Å². The fraction of sp³-hybridized carbons (Fsp3) is 0.386. The number of benzene rings is 3. The van der Waals surface area contributed by atoms with Gasteiger partial charge >= 0.3 is 7.60 Å². The summed E-state index contributed by atoms with van der Waals surface area (Å²) in [6.45, 7) is 4.57. The molecule has 4 aromatic rings. The number of rotatable bonds is 15. The molecule has 4 aliphatic rings. The molecule has 0 aliphatic carbocycles. The lowest BCUT2D eigenvalue weighted by Crippen LogP contribution is -2.54. The van der Waals surface area contributed by atoms with Gasteiger partial charge in [-0.2, -0.15) is 4.98 Å². The lowest BCUT2D eigenvalue weighted by Gasteiger charge is -2.43. The van der Waals surface area contributed by atoms with E-state index in [9.17, 15) is 28.5 Å². The van der Waals surface area contributed by atoms with Crippen LogP contribution in [0.4, 0.5) is 28.8 Å². The number of nitrogens with zero attached hydrogens (tertiary/aromatic N) is 6. The molecule has 3 saturated heterocycles. The van der Waals surface area contributed by atoms with E-state index in [1.165, 1.54) is 32.5 Å². The van der Waals surface area contributed by atoms with E-state index in [-0.39, 0.29) is 59.7 Å². The molecule has 3 fully saturated rings. The number of para-hydroxylation sites is 1. The maximum Gasteiger partial charge on any atom is 0.362 e. The van der Waals surface area contributed by atoms with E-state index in [2.05, 4.69) is 35.7 Å².